The SMILES string of the molecule is Cc1cc(/C(O)=C2/C(=O)C(=O)N(c3cc(Cl)ccc3O)C2c2cccs2)ccc1OC(C)C. The van der Waals surface area contributed by atoms with Crippen molar-refractivity contribution in [1.82, 2.24) is 0 Å². The number of thiophene rings is 1. The van der Waals surface area contributed by atoms with E-state index in [2.05, 4.69) is 0 Å². The van der Waals surface area contributed by atoms with Gasteiger partial charge in [-0.1, -0.05) is 17.7 Å². The van der Waals surface area contributed by atoms with E-state index in [1.807, 2.05) is 26.2 Å². The van der Waals surface area contributed by atoms with E-state index < -0.39 is 17.7 Å². The molecule has 1 fully saturated rings. The van der Waals surface area contributed by atoms with Gasteiger partial charge in [-0.15, -0.1) is 11.3 Å². The molecule has 1 aromatic heterocycles. The smallest absolute Gasteiger partial charge is 0.300 e. The number of carbonyl (C=O) groups is 2. The molecule has 1 saturated heterocycles. The second kappa shape index (κ2) is 8.92. The molecule has 0 aliphatic carbocycles. The van der Waals surface area contributed by atoms with Gasteiger partial charge in [0.1, 0.15) is 23.3 Å². The van der Waals surface area contributed by atoms with E-state index in [-0.39, 0.29) is 28.9 Å². The minimum Gasteiger partial charge on any atom is -0.507 e. The first kappa shape index (κ1) is 22.9. The van der Waals surface area contributed by atoms with E-state index >= 15 is 0 Å². The highest BCUT2D eigenvalue weighted by Gasteiger charge is 2.48. The number of hydrogen-bond acceptors (Lipinski definition) is 6. The van der Waals surface area contributed by atoms with Crippen LogP contribution in [0.1, 0.15) is 35.9 Å². The lowest BCUT2D eigenvalue weighted by Crippen LogP contribution is -2.29. The quantitative estimate of drug-likeness (QED) is 0.271. The summed E-state index contributed by atoms with van der Waals surface area (Å²) in [6.45, 7) is 5.68. The average Bonchev–Trinajstić information content (AvgIpc) is 3.38. The normalized spacial score (nSPS) is 17.7. The number of anilines is 1. The number of phenols is 1. The van der Waals surface area contributed by atoms with Crippen LogP contribution in [0.5, 0.6) is 11.5 Å². The molecule has 4 rings (SSSR count). The summed E-state index contributed by atoms with van der Waals surface area (Å²) in [6.07, 6.45) is -0.0160. The van der Waals surface area contributed by atoms with Gasteiger partial charge in [0.2, 0.25) is 0 Å². The van der Waals surface area contributed by atoms with Gasteiger partial charge in [-0.05, 0) is 74.2 Å². The number of nitrogens with zero attached hydrogens (tertiary/aromatic N) is 1. The van der Waals surface area contributed by atoms with Crippen LogP contribution in [0, 0.1) is 6.92 Å². The summed E-state index contributed by atoms with van der Waals surface area (Å²) in [5.74, 6) is -1.53. The van der Waals surface area contributed by atoms with Crippen molar-refractivity contribution in [3.05, 3.63) is 80.5 Å². The van der Waals surface area contributed by atoms with E-state index in [1.165, 1.54) is 34.4 Å². The van der Waals surface area contributed by atoms with Gasteiger partial charge in [-0.25, -0.2) is 0 Å². The van der Waals surface area contributed by atoms with Crippen molar-refractivity contribution in [2.24, 2.45) is 0 Å². The fourth-order valence-corrected chi connectivity index (χ4v) is 4.81. The minimum absolute atomic E-state index is 0.0160. The fraction of sp³-hybridized carbons (Fsp3) is 0.200. The van der Waals surface area contributed by atoms with E-state index in [4.69, 9.17) is 16.3 Å². The molecule has 0 spiro atoms. The number of carbonyl (C=O) groups excluding carboxylic acids is 2. The topological polar surface area (TPSA) is 87.1 Å². The maximum absolute atomic E-state index is 13.2. The molecule has 2 aromatic carbocycles. The number of aliphatic hydroxyl groups is 1. The Labute approximate surface area is 200 Å². The molecular weight excluding hydrogens is 462 g/mol. The molecule has 0 radical (unpaired) electrons. The number of aryl methyl sites for hydroxylation is 1. The molecule has 2 heterocycles. The van der Waals surface area contributed by atoms with Crippen LogP contribution in [0.3, 0.4) is 0 Å². The van der Waals surface area contributed by atoms with Crippen LogP contribution in [0.2, 0.25) is 5.02 Å². The van der Waals surface area contributed by atoms with Crippen LogP contribution in [0.4, 0.5) is 5.69 Å². The monoisotopic (exact) mass is 483 g/mol. The molecule has 2 N–H and O–H groups in total. The number of aliphatic hydroxyl groups excluding tert-OH is 1. The zero-order valence-corrected chi connectivity index (χ0v) is 19.8. The van der Waals surface area contributed by atoms with Crippen molar-refractivity contribution in [2.75, 3.05) is 4.90 Å². The maximum Gasteiger partial charge on any atom is 0.300 e. The van der Waals surface area contributed by atoms with Crippen molar-refractivity contribution in [3.8, 4) is 11.5 Å². The Morgan fingerprint density at radius 1 is 1.15 bits per heavy atom. The Morgan fingerprint density at radius 3 is 2.55 bits per heavy atom. The van der Waals surface area contributed by atoms with Gasteiger partial charge in [-0.3, -0.25) is 14.5 Å². The Bertz CT molecular complexity index is 1270. The predicted molar refractivity (Wildman–Crippen MR) is 129 cm³/mol. The van der Waals surface area contributed by atoms with E-state index in [0.717, 1.165) is 5.56 Å². The number of rotatable bonds is 5. The molecule has 6 nitrogen and oxygen atoms in total. The van der Waals surface area contributed by atoms with Crippen molar-refractivity contribution >= 4 is 46.1 Å². The van der Waals surface area contributed by atoms with Gasteiger partial charge in [0.15, 0.2) is 0 Å². The highest BCUT2D eigenvalue weighted by atomic mass is 35.5. The first-order valence-corrected chi connectivity index (χ1v) is 11.6. The Hall–Kier alpha value is -3.29. The summed E-state index contributed by atoms with van der Waals surface area (Å²) in [6, 6.07) is 12.0. The lowest BCUT2D eigenvalue weighted by Gasteiger charge is -2.25. The molecule has 1 unspecified atom stereocenters. The molecule has 1 atom stereocenters. The van der Waals surface area contributed by atoms with Gasteiger partial charge in [-0.2, -0.15) is 0 Å². The van der Waals surface area contributed by atoms with E-state index in [0.29, 0.717) is 21.2 Å². The molecule has 33 heavy (non-hydrogen) atoms. The number of Topliss-reactive ketones (excluding diaryl/α,β-unsaturated/α-hetero) is 1. The number of ketones is 1. The van der Waals surface area contributed by atoms with Crippen LogP contribution in [-0.4, -0.2) is 28.0 Å². The zero-order chi connectivity index (χ0) is 23.9. The molecule has 3 aromatic rings. The number of benzene rings is 2. The molecule has 0 bridgehead atoms. The largest absolute Gasteiger partial charge is 0.507 e. The van der Waals surface area contributed by atoms with Crippen molar-refractivity contribution < 1.29 is 24.5 Å². The molecule has 1 amide bonds. The number of halogens is 1. The van der Waals surface area contributed by atoms with Gasteiger partial charge in [0, 0.05) is 15.5 Å². The number of aromatic hydroxyl groups is 1. The maximum atomic E-state index is 13.2. The number of hydrogen-bond donors (Lipinski definition) is 2. The summed E-state index contributed by atoms with van der Waals surface area (Å²) in [7, 11) is 0. The Morgan fingerprint density at radius 2 is 1.91 bits per heavy atom. The summed E-state index contributed by atoms with van der Waals surface area (Å²) in [5.41, 5.74) is 1.21. The lowest BCUT2D eigenvalue weighted by molar-refractivity contribution is -0.132. The molecule has 170 valence electrons. The molecule has 1 aliphatic heterocycles. The second-order valence-corrected chi connectivity index (χ2v) is 9.38. The lowest BCUT2D eigenvalue weighted by atomic mass is 9.98. The summed E-state index contributed by atoms with van der Waals surface area (Å²) < 4.78 is 5.76. The van der Waals surface area contributed by atoms with Gasteiger partial charge >= 0.3 is 0 Å². The number of phenolic OH excluding ortho intramolecular Hbond substituents is 1. The highest BCUT2D eigenvalue weighted by Crippen LogP contribution is 2.46. The first-order valence-electron chi connectivity index (χ1n) is 10.3. The standard InChI is InChI=1S/C25H22ClNO5S/c1-13(2)32-19-9-6-15(11-14(19)3)23(29)21-22(20-5-4-10-33-20)27(25(31)24(21)30)17-12-16(26)7-8-18(17)28/h4-13,22,28-29H,1-3H3/b23-21-. The number of ether oxygens (including phenoxy) is 1. The van der Waals surface area contributed by atoms with Crippen molar-refractivity contribution in [1.29, 1.82) is 0 Å². The van der Waals surface area contributed by atoms with E-state index in [9.17, 15) is 19.8 Å². The summed E-state index contributed by atoms with van der Waals surface area (Å²) in [4.78, 5) is 28.1. The minimum atomic E-state index is -0.915. The number of amides is 1. The van der Waals surface area contributed by atoms with Crippen LogP contribution in [-0.2, 0) is 9.59 Å². The molecule has 1 aliphatic rings. The Balaban J connectivity index is 1.89. The second-order valence-electron chi connectivity index (χ2n) is 7.96. The zero-order valence-electron chi connectivity index (χ0n) is 18.2. The van der Waals surface area contributed by atoms with Crippen molar-refractivity contribution in [2.45, 2.75) is 32.9 Å². The fourth-order valence-electron chi connectivity index (χ4n) is 3.82. The third-order valence-electron chi connectivity index (χ3n) is 5.27. The van der Waals surface area contributed by atoms with Crippen LogP contribution in [0.25, 0.3) is 5.76 Å². The summed E-state index contributed by atoms with van der Waals surface area (Å²) >= 11 is 7.45. The molecular formula is C25H22ClNO5S. The van der Waals surface area contributed by atoms with Crippen LogP contribution in [0.15, 0.2) is 59.5 Å². The first-order chi connectivity index (χ1) is 15.7. The predicted octanol–water partition coefficient (Wildman–Crippen LogP) is 5.83. The Kier molecular flexibility index (Phi) is 6.19. The third kappa shape index (κ3) is 4.21. The van der Waals surface area contributed by atoms with Gasteiger partial charge < -0.3 is 14.9 Å². The average molecular weight is 484 g/mol. The third-order valence-corrected chi connectivity index (χ3v) is 6.42. The molecule has 0 saturated carbocycles. The van der Waals surface area contributed by atoms with E-state index in [1.54, 1.807) is 30.3 Å². The summed E-state index contributed by atoms with van der Waals surface area (Å²) in [5, 5.41) is 23.8. The highest BCUT2D eigenvalue weighted by molar-refractivity contribution is 7.10. The van der Waals surface area contributed by atoms with Crippen LogP contribution >= 0.6 is 22.9 Å². The van der Waals surface area contributed by atoms with Crippen LogP contribution < -0.4 is 9.64 Å². The van der Waals surface area contributed by atoms with Gasteiger partial charge in [0.05, 0.1) is 17.4 Å². The van der Waals surface area contributed by atoms with Crippen molar-refractivity contribution in [3.63, 3.8) is 0 Å². The molecule has 8 heteroatoms. The van der Waals surface area contributed by atoms with Gasteiger partial charge in [0.25, 0.3) is 11.7 Å².